The zero-order valence-corrected chi connectivity index (χ0v) is 16.8. The van der Waals surface area contributed by atoms with Crippen molar-refractivity contribution in [2.45, 2.75) is 13.5 Å². The van der Waals surface area contributed by atoms with Crippen LogP contribution in [0.4, 0.5) is 5.69 Å². The highest BCUT2D eigenvalue weighted by Gasteiger charge is 2.12. The van der Waals surface area contributed by atoms with Gasteiger partial charge in [-0.1, -0.05) is 30.3 Å². The van der Waals surface area contributed by atoms with Gasteiger partial charge in [-0.2, -0.15) is 0 Å². The van der Waals surface area contributed by atoms with Gasteiger partial charge in [-0.3, -0.25) is 14.2 Å². The number of nitrogens with one attached hydrogen (secondary N) is 1. The summed E-state index contributed by atoms with van der Waals surface area (Å²) >= 11 is 0. The average molecular weight is 399 g/mol. The zero-order valence-electron chi connectivity index (χ0n) is 16.8. The van der Waals surface area contributed by atoms with E-state index < -0.39 is 0 Å². The first kappa shape index (κ1) is 19.5. The lowest BCUT2D eigenvalue weighted by Gasteiger charge is -2.12. The zero-order chi connectivity index (χ0) is 21.1. The van der Waals surface area contributed by atoms with Crippen LogP contribution in [0.15, 0.2) is 77.6 Å². The van der Waals surface area contributed by atoms with Crippen LogP contribution in [-0.2, 0) is 11.3 Å². The Labute approximate surface area is 173 Å². The van der Waals surface area contributed by atoms with Crippen LogP contribution in [-0.4, -0.2) is 22.6 Å². The molecular weight excluding hydrogens is 378 g/mol. The summed E-state index contributed by atoms with van der Waals surface area (Å²) in [5.41, 5.74) is 3.29. The van der Waals surface area contributed by atoms with Gasteiger partial charge in [0.1, 0.15) is 5.82 Å². The maximum atomic E-state index is 12.9. The number of para-hydroxylation sites is 2. The van der Waals surface area contributed by atoms with Crippen LogP contribution in [0, 0.1) is 6.92 Å². The van der Waals surface area contributed by atoms with Crippen LogP contribution in [0.3, 0.4) is 0 Å². The smallest absolute Gasteiger partial charge is 0.265 e. The normalized spacial score (nSPS) is 10.9. The third-order valence-electron chi connectivity index (χ3n) is 4.90. The van der Waals surface area contributed by atoms with Crippen LogP contribution in [0.5, 0.6) is 0 Å². The lowest BCUT2D eigenvalue weighted by molar-refractivity contribution is 0.102. The molecule has 0 radical (unpaired) electrons. The van der Waals surface area contributed by atoms with E-state index in [9.17, 15) is 9.59 Å². The quantitative estimate of drug-likeness (QED) is 0.549. The number of anilines is 1. The van der Waals surface area contributed by atoms with Gasteiger partial charge in [0, 0.05) is 23.9 Å². The molecule has 30 heavy (non-hydrogen) atoms. The minimum absolute atomic E-state index is 0.135. The molecule has 150 valence electrons. The molecular formula is C24H21N3O3. The molecule has 6 nitrogen and oxygen atoms in total. The summed E-state index contributed by atoms with van der Waals surface area (Å²) in [6.07, 6.45) is 0. The molecule has 0 saturated carbocycles. The number of nitrogens with zero attached hydrogens (tertiary/aromatic N) is 2. The molecule has 0 aliphatic carbocycles. The number of rotatable bonds is 5. The van der Waals surface area contributed by atoms with Crippen molar-refractivity contribution in [2.75, 3.05) is 12.4 Å². The molecule has 1 N–H and O–H groups in total. The maximum Gasteiger partial charge on any atom is 0.265 e. The molecule has 0 aliphatic heterocycles. The standard InChI is InChI=1S/C24H21N3O3/c1-16-25-22-10-6-4-8-20(22)24(29)27(16)19-13-11-17(12-14-19)23(28)26-21-9-5-3-7-18(21)15-30-2/h3-14H,15H2,1-2H3,(H,26,28). The van der Waals surface area contributed by atoms with Crippen LogP contribution in [0.25, 0.3) is 16.6 Å². The first-order valence-electron chi connectivity index (χ1n) is 9.55. The lowest BCUT2D eigenvalue weighted by atomic mass is 10.1. The van der Waals surface area contributed by atoms with Crippen molar-refractivity contribution >= 4 is 22.5 Å². The van der Waals surface area contributed by atoms with Crippen molar-refractivity contribution < 1.29 is 9.53 Å². The van der Waals surface area contributed by atoms with Crippen molar-refractivity contribution in [3.8, 4) is 5.69 Å². The van der Waals surface area contributed by atoms with E-state index in [1.165, 1.54) is 0 Å². The fourth-order valence-electron chi connectivity index (χ4n) is 3.43. The lowest BCUT2D eigenvalue weighted by Crippen LogP contribution is -2.22. The second-order valence-corrected chi connectivity index (χ2v) is 6.91. The van der Waals surface area contributed by atoms with Gasteiger partial charge in [-0.15, -0.1) is 0 Å². The number of aromatic nitrogens is 2. The second-order valence-electron chi connectivity index (χ2n) is 6.91. The molecule has 6 heteroatoms. The fourth-order valence-corrected chi connectivity index (χ4v) is 3.43. The predicted octanol–water partition coefficient (Wildman–Crippen LogP) is 4.09. The number of aryl methyl sites for hydroxylation is 1. The van der Waals surface area contributed by atoms with Crippen LogP contribution >= 0.6 is 0 Å². The maximum absolute atomic E-state index is 12.9. The topological polar surface area (TPSA) is 73.2 Å². The Morgan fingerprint density at radius 1 is 1.00 bits per heavy atom. The summed E-state index contributed by atoms with van der Waals surface area (Å²) < 4.78 is 6.74. The monoisotopic (exact) mass is 399 g/mol. The van der Waals surface area contributed by atoms with Gasteiger partial charge in [0.15, 0.2) is 0 Å². The SMILES string of the molecule is COCc1ccccc1NC(=O)c1ccc(-n2c(C)nc3ccccc3c2=O)cc1. The van der Waals surface area contributed by atoms with E-state index >= 15 is 0 Å². The number of hydrogen-bond acceptors (Lipinski definition) is 4. The summed E-state index contributed by atoms with van der Waals surface area (Å²) in [5.74, 6) is 0.357. The van der Waals surface area contributed by atoms with E-state index in [0.717, 1.165) is 5.56 Å². The molecule has 0 unspecified atom stereocenters. The number of hydrogen-bond donors (Lipinski definition) is 1. The van der Waals surface area contributed by atoms with Crippen molar-refractivity contribution in [2.24, 2.45) is 0 Å². The number of carbonyl (C=O) groups is 1. The van der Waals surface area contributed by atoms with E-state index in [4.69, 9.17) is 4.74 Å². The van der Waals surface area contributed by atoms with Gasteiger partial charge in [0.25, 0.3) is 11.5 Å². The fraction of sp³-hybridized carbons (Fsp3) is 0.125. The van der Waals surface area contributed by atoms with E-state index in [1.54, 1.807) is 48.9 Å². The Hall–Kier alpha value is -3.77. The molecule has 0 spiro atoms. The summed E-state index contributed by atoms with van der Waals surface area (Å²) in [6.45, 7) is 2.20. The molecule has 0 fully saturated rings. The van der Waals surface area contributed by atoms with Gasteiger partial charge >= 0.3 is 0 Å². The highest BCUT2D eigenvalue weighted by atomic mass is 16.5. The summed E-state index contributed by atoms with van der Waals surface area (Å²) in [5, 5.41) is 3.47. The summed E-state index contributed by atoms with van der Waals surface area (Å²) in [7, 11) is 1.61. The third kappa shape index (κ3) is 3.73. The Morgan fingerprint density at radius 3 is 2.47 bits per heavy atom. The van der Waals surface area contributed by atoms with Gasteiger partial charge in [0.05, 0.1) is 23.2 Å². The largest absolute Gasteiger partial charge is 0.380 e. The number of amides is 1. The summed E-state index contributed by atoms with van der Waals surface area (Å²) in [4.78, 5) is 30.2. The molecule has 4 rings (SSSR count). The number of carbonyl (C=O) groups excluding carboxylic acids is 1. The van der Waals surface area contributed by atoms with Gasteiger partial charge in [-0.05, 0) is 49.4 Å². The van der Waals surface area contributed by atoms with E-state index in [0.29, 0.717) is 40.3 Å². The minimum Gasteiger partial charge on any atom is -0.380 e. The molecule has 0 atom stereocenters. The highest BCUT2D eigenvalue weighted by Crippen LogP contribution is 2.18. The van der Waals surface area contributed by atoms with E-state index in [2.05, 4.69) is 10.3 Å². The predicted molar refractivity (Wildman–Crippen MR) is 117 cm³/mol. The number of benzene rings is 3. The van der Waals surface area contributed by atoms with Crippen molar-refractivity contribution in [1.29, 1.82) is 0 Å². The summed E-state index contributed by atoms with van der Waals surface area (Å²) in [6, 6.07) is 21.7. The molecule has 1 heterocycles. The third-order valence-corrected chi connectivity index (χ3v) is 4.90. The number of methoxy groups -OCH3 is 1. The van der Waals surface area contributed by atoms with Crippen LogP contribution < -0.4 is 10.9 Å². The molecule has 0 bridgehead atoms. The van der Waals surface area contributed by atoms with Crippen molar-refractivity contribution in [1.82, 2.24) is 9.55 Å². The Morgan fingerprint density at radius 2 is 1.70 bits per heavy atom. The first-order valence-corrected chi connectivity index (χ1v) is 9.55. The van der Waals surface area contributed by atoms with Gasteiger partial charge < -0.3 is 10.1 Å². The molecule has 0 saturated heterocycles. The molecule has 1 aromatic heterocycles. The van der Waals surface area contributed by atoms with Gasteiger partial charge in [-0.25, -0.2) is 4.98 Å². The number of fused-ring (bicyclic) bond motifs is 1. The second kappa shape index (κ2) is 8.31. The first-order chi connectivity index (χ1) is 14.6. The molecule has 1 amide bonds. The molecule has 0 aliphatic rings. The molecule has 3 aromatic carbocycles. The molecule has 4 aromatic rings. The van der Waals surface area contributed by atoms with Crippen molar-refractivity contribution in [3.63, 3.8) is 0 Å². The van der Waals surface area contributed by atoms with Crippen LogP contribution in [0.2, 0.25) is 0 Å². The average Bonchev–Trinajstić information content (AvgIpc) is 2.76. The number of ether oxygens (including phenoxy) is 1. The van der Waals surface area contributed by atoms with Crippen LogP contribution in [0.1, 0.15) is 21.7 Å². The van der Waals surface area contributed by atoms with E-state index in [-0.39, 0.29) is 11.5 Å². The highest BCUT2D eigenvalue weighted by molar-refractivity contribution is 6.04. The van der Waals surface area contributed by atoms with Gasteiger partial charge in [0.2, 0.25) is 0 Å². The minimum atomic E-state index is -0.231. The Balaban J connectivity index is 1.63. The van der Waals surface area contributed by atoms with E-state index in [1.807, 2.05) is 42.5 Å². The Kier molecular flexibility index (Phi) is 5.41. The Bertz CT molecular complexity index is 1280. The van der Waals surface area contributed by atoms with Crippen molar-refractivity contribution in [3.05, 3.63) is 100 Å².